The molecule has 124 valence electrons. The first-order valence-corrected chi connectivity index (χ1v) is 8.12. The van der Waals surface area contributed by atoms with Gasteiger partial charge >= 0.3 is 0 Å². The molecule has 0 saturated carbocycles. The summed E-state index contributed by atoms with van der Waals surface area (Å²) in [5.41, 5.74) is 2.91. The Balaban J connectivity index is 1.63. The highest BCUT2D eigenvalue weighted by Gasteiger charge is 2.26. The number of aryl methyl sites for hydroxylation is 2. The molecule has 3 aromatic rings. The zero-order valence-corrected chi connectivity index (χ0v) is 13.8. The average Bonchev–Trinajstić information content (AvgIpc) is 3.28. The van der Waals surface area contributed by atoms with Gasteiger partial charge in [-0.25, -0.2) is 0 Å². The highest BCUT2D eigenvalue weighted by molar-refractivity contribution is 5.97. The lowest BCUT2D eigenvalue weighted by molar-refractivity contribution is 0.0932. The summed E-state index contributed by atoms with van der Waals surface area (Å²) in [6.07, 6.45) is 10.3. The Morgan fingerprint density at radius 1 is 1.17 bits per heavy atom. The first-order chi connectivity index (χ1) is 11.6. The van der Waals surface area contributed by atoms with Gasteiger partial charge in [-0.05, 0) is 31.4 Å². The number of aromatic nitrogens is 5. The third-order valence-corrected chi connectivity index (χ3v) is 4.68. The Bertz CT molecular complexity index is 873. The van der Waals surface area contributed by atoms with Crippen LogP contribution in [0.3, 0.4) is 0 Å². The number of fused-ring (bicyclic) bond motifs is 1. The van der Waals surface area contributed by atoms with Crippen LogP contribution in [0.4, 0.5) is 0 Å². The molecule has 0 radical (unpaired) electrons. The van der Waals surface area contributed by atoms with E-state index in [9.17, 15) is 4.79 Å². The molecule has 1 unspecified atom stereocenters. The van der Waals surface area contributed by atoms with Crippen LogP contribution in [0.2, 0.25) is 0 Å². The predicted octanol–water partition coefficient (Wildman–Crippen LogP) is 1.75. The Morgan fingerprint density at radius 2 is 1.92 bits per heavy atom. The smallest absolute Gasteiger partial charge is 0.257 e. The first-order valence-electron chi connectivity index (χ1n) is 8.12. The van der Waals surface area contributed by atoms with Crippen molar-refractivity contribution in [2.45, 2.75) is 25.3 Å². The molecule has 0 aromatic carbocycles. The minimum atomic E-state index is -0.103. The number of carbonyl (C=O) groups excluding carboxylic acids is 1. The molecular weight excluding hydrogens is 304 g/mol. The van der Waals surface area contributed by atoms with Gasteiger partial charge in [-0.2, -0.15) is 10.2 Å². The van der Waals surface area contributed by atoms with Crippen molar-refractivity contribution in [3.63, 3.8) is 0 Å². The fourth-order valence-corrected chi connectivity index (χ4v) is 3.47. The van der Waals surface area contributed by atoms with Crippen molar-refractivity contribution < 1.29 is 4.79 Å². The van der Waals surface area contributed by atoms with Crippen LogP contribution in [0, 0.1) is 0 Å². The van der Waals surface area contributed by atoms with Gasteiger partial charge < -0.3 is 9.88 Å². The number of hydrogen-bond acceptors (Lipinski definition) is 3. The summed E-state index contributed by atoms with van der Waals surface area (Å²) >= 11 is 0. The van der Waals surface area contributed by atoms with Crippen LogP contribution in [-0.2, 0) is 20.5 Å². The lowest BCUT2D eigenvalue weighted by Crippen LogP contribution is -2.31. The normalized spacial score (nSPS) is 16.8. The summed E-state index contributed by atoms with van der Waals surface area (Å²) in [7, 11) is 3.79. The van der Waals surface area contributed by atoms with E-state index in [1.807, 2.05) is 54.1 Å². The lowest BCUT2D eigenvalue weighted by Gasteiger charge is -2.23. The van der Waals surface area contributed by atoms with Crippen molar-refractivity contribution in [3.8, 4) is 5.82 Å². The lowest BCUT2D eigenvalue weighted by atomic mass is 9.93. The summed E-state index contributed by atoms with van der Waals surface area (Å²) in [6.45, 7) is 0. The maximum absolute atomic E-state index is 12.9. The quantitative estimate of drug-likeness (QED) is 0.798. The molecule has 1 atom stereocenters. The second-order valence-corrected chi connectivity index (χ2v) is 6.18. The molecule has 4 rings (SSSR count). The summed E-state index contributed by atoms with van der Waals surface area (Å²) in [5, 5.41) is 11.8. The molecule has 7 heteroatoms. The maximum Gasteiger partial charge on any atom is 0.257 e. The van der Waals surface area contributed by atoms with E-state index in [1.165, 1.54) is 5.69 Å². The zero-order chi connectivity index (χ0) is 16.7. The van der Waals surface area contributed by atoms with Crippen molar-refractivity contribution in [1.29, 1.82) is 0 Å². The van der Waals surface area contributed by atoms with E-state index in [4.69, 9.17) is 0 Å². The van der Waals surface area contributed by atoms with Crippen LogP contribution >= 0.6 is 0 Å². The molecule has 0 aliphatic heterocycles. The van der Waals surface area contributed by atoms with E-state index in [2.05, 4.69) is 15.5 Å². The van der Waals surface area contributed by atoms with E-state index in [1.54, 1.807) is 10.9 Å². The molecule has 0 fully saturated rings. The van der Waals surface area contributed by atoms with Crippen LogP contribution in [0.15, 0.2) is 36.9 Å². The summed E-state index contributed by atoms with van der Waals surface area (Å²) in [4.78, 5) is 12.9. The number of nitrogens with zero attached hydrogens (tertiary/aromatic N) is 5. The van der Waals surface area contributed by atoms with Crippen molar-refractivity contribution in [2.75, 3.05) is 0 Å². The Morgan fingerprint density at radius 3 is 2.71 bits per heavy atom. The molecule has 1 aliphatic carbocycles. The molecule has 0 bridgehead atoms. The van der Waals surface area contributed by atoms with E-state index >= 15 is 0 Å². The second-order valence-electron chi connectivity index (χ2n) is 6.18. The average molecular weight is 324 g/mol. The number of nitrogens with one attached hydrogen (secondary N) is 1. The van der Waals surface area contributed by atoms with Gasteiger partial charge in [0, 0.05) is 37.7 Å². The molecular formula is C17H20N6O. The summed E-state index contributed by atoms with van der Waals surface area (Å²) in [5.74, 6) is 0.660. The topological polar surface area (TPSA) is 69.7 Å². The van der Waals surface area contributed by atoms with E-state index in [-0.39, 0.29) is 11.9 Å². The van der Waals surface area contributed by atoms with Gasteiger partial charge in [0.05, 0.1) is 18.4 Å². The minimum Gasteiger partial charge on any atom is -0.345 e. The zero-order valence-electron chi connectivity index (χ0n) is 13.8. The Kier molecular flexibility index (Phi) is 3.48. The fourth-order valence-electron chi connectivity index (χ4n) is 3.47. The Hall–Kier alpha value is -2.83. The van der Waals surface area contributed by atoms with Crippen molar-refractivity contribution in [2.24, 2.45) is 14.1 Å². The molecule has 1 aliphatic rings. The van der Waals surface area contributed by atoms with Gasteiger partial charge in [-0.15, -0.1) is 0 Å². The van der Waals surface area contributed by atoms with Gasteiger partial charge in [-0.3, -0.25) is 14.2 Å². The number of carbonyl (C=O) groups is 1. The van der Waals surface area contributed by atoms with Gasteiger partial charge in [0.1, 0.15) is 11.4 Å². The fraction of sp³-hybridized carbons (Fsp3) is 0.353. The second kappa shape index (κ2) is 5.67. The SMILES string of the molecule is Cn1ncc2c1CCCC2NC(=O)c1cnn(C)c1-n1cccc1. The molecule has 0 saturated heterocycles. The van der Waals surface area contributed by atoms with Crippen LogP contribution in [0.25, 0.3) is 5.82 Å². The van der Waals surface area contributed by atoms with Gasteiger partial charge in [0.15, 0.2) is 0 Å². The summed E-state index contributed by atoms with van der Waals surface area (Å²) < 4.78 is 5.52. The van der Waals surface area contributed by atoms with Crippen molar-refractivity contribution in [1.82, 2.24) is 29.4 Å². The first kappa shape index (κ1) is 14.7. The Labute approximate surface area is 139 Å². The third kappa shape index (κ3) is 2.33. The number of hydrogen-bond donors (Lipinski definition) is 1. The van der Waals surface area contributed by atoms with Crippen LogP contribution in [0.5, 0.6) is 0 Å². The highest BCUT2D eigenvalue weighted by atomic mass is 16.1. The number of rotatable bonds is 3. The van der Waals surface area contributed by atoms with Gasteiger partial charge in [0.2, 0.25) is 0 Å². The van der Waals surface area contributed by atoms with Crippen LogP contribution in [0.1, 0.15) is 40.5 Å². The largest absolute Gasteiger partial charge is 0.345 e. The molecule has 7 nitrogen and oxygen atoms in total. The molecule has 24 heavy (non-hydrogen) atoms. The monoisotopic (exact) mass is 324 g/mol. The minimum absolute atomic E-state index is 0.00710. The third-order valence-electron chi connectivity index (χ3n) is 4.68. The summed E-state index contributed by atoms with van der Waals surface area (Å²) in [6, 6.07) is 3.86. The molecule has 3 aromatic heterocycles. The maximum atomic E-state index is 12.9. The van der Waals surface area contributed by atoms with E-state index in [0.717, 1.165) is 30.6 Å². The van der Waals surface area contributed by atoms with Crippen molar-refractivity contribution in [3.05, 3.63) is 53.7 Å². The number of amides is 1. The van der Waals surface area contributed by atoms with E-state index in [0.29, 0.717) is 5.56 Å². The van der Waals surface area contributed by atoms with Gasteiger partial charge in [0.25, 0.3) is 5.91 Å². The molecule has 3 heterocycles. The van der Waals surface area contributed by atoms with Crippen molar-refractivity contribution >= 4 is 5.91 Å². The molecule has 1 amide bonds. The molecule has 1 N–H and O–H groups in total. The molecule has 0 spiro atoms. The predicted molar refractivity (Wildman–Crippen MR) is 88.9 cm³/mol. The van der Waals surface area contributed by atoms with E-state index < -0.39 is 0 Å². The van der Waals surface area contributed by atoms with Crippen LogP contribution in [-0.4, -0.2) is 30.0 Å². The standard InChI is InChI=1S/C17H20N6O/c1-21-15-7-5-6-14(12(15)10-18-21)20-16(24)13-11-19-22(2)17(13)23-8-3-4-9-23/h3-4,8-11,14H,5-7H2,1-2H3,(H,20,24). The van der Waals surface area contributed by atoms with Crippen LogP contribution < -0.4 is 5.32 Å². The van der Waals surface area contributed by atoms with Gasteiger partial charge in [-0.1, -0.05) is 0 Å². The highest BCUT2D eigenvalue weighted by Crippen LogP contribution is 2.29.